The van der Waals surface area contributed by atoms with Gasteiger partial charge in [0.15, 0.2) is 0 Å². The Kier molecular flexibility index (Phi) is 4.43. The molecule has 0 aliphatic heterocycles. The van der Waals surface area contributed by atoms with Crippen LogP contribution in [0, 0.1) is 11.6 Å². The minimum Gasteiger partial charge on any atom is -0.477 e. The first-order valence-corrected chi connectivity index (χ1v) is 5.04. The first-order chi connectivity index (χ1) is 7.56. The molecule has 1 rings (SSSR count). The molecule has 0 aliphatic carbocycles. The van der Waals surface area contributed by atoms with Gasteiger partial charge in [-0.05, 0) is 24.1 Å². The van der Waals surface area contributed by atoms with E-state index < -0.39 is 23.2 Å². The Balaban J connectivity index is 3.05. The second-order valence-corrected chi connectivity index (χ2v) is 3.42. The topological polar surface area (TPSA) is 37.3 Å². The van der Waals surface area contributed by atoms with E-state index in [0.717, 1.165) is 12.1 Å². The second-order valence-electron chi connectivity index (χ2n) is 3.04. The Morgan fingerprint density at radius 3 is 2.38 bits per heavy atom. The molecule has 0 heterocycles. The molecule has 5 heteroatoms. The van der Waals surface area contributed by atoms with Gasteiger partial charge in [0.25, 0.3) is 0 Å². The van der Waals surface area contributed by atoms with Gasteiger partial charge in [-0.25, -0.2) is 13.6 Å². The monoisotopic (exact) mass is 246 g/mol. The molecule has 16 heavy (non-hydrogen) atoms. The van der Waals surface area contributed by atoms with E-state index in [1.54, 1.807) is 6.08 Å². The normalized spacial score (nSPS) is 10.9. The molecule has 0 radical (unpaired) electrons. The van der Waals surface area contributed by atoms with Crippen molar-refractivity contribution in [3.05, 3.63) is 41.0 Å². The van der Waals surface area contributed by atoms with Gasteiger partial charge >= 0.3 is 5.97 Å². The average molecular weight is 247 g/mol. The molecule has 0 amide bonds. The van der Waals surface area contributed by atoms with Crippen LogP contribution in [0.25, 0.3) is 6.08 Å². The molecule has 2 nitrogen and oxygen atoms in total. The van der Waals surface area contributed by atoms with Gasteiger partial charge in [-0.1, -0.05) is 12.2 Å². The number of carbonyl (C=O) groups is 1. The molecule has 0 saturated heterocycles. The van der Waals surface area contributed by atoms with E-state index in [1.165, 1.54) is 6.08 Å². The minimum atomic E-state index is -1.62. The summed E-state index contributed by atoms with van der Waals surface area (Å²) in [6, 6.07) is 1.94. The van der Waals surface area contributed by atoms with Crippen molar-refractivity contribution in [2.24, 2.45) is 0 Å². The minimum absolute atomic E-state index is 0.269. The van der Waals surface area contributed by atoms with Crippen LogP contribution in [0.15, 0.2) is 18.2 Å². The van der Waals surface area contributed by atoms with E-state index in [0.29, 0.717) is 12.3 Å². The number of aromatic carboxylic acids is 1. The lowest BCUT2D eigenvalue weighted by atomic mass is 10.1. The highest BCUT2D eigenvalue weighted by Gasteiger charge is 2.16. The number of hydrogen-bond acceptors (Lipinski definition) is 1. The molecule has 1 aromatic rings. The summed E-state index contributed by atoms with van der Waals surface area (Å²) in [6.45, 7) is 0. The lowest BCUT2D eigenvalue weighted by Crippen LogP contribution is -2.04. The molecule has 0 bridgehead atoms. The van der Waals surface area contributed by atoms with Crippen molar-refractivity contribution in [2.75, 3.05) is 5.88 Å². The summed E-state index contributed by atoms with van der Waals surface area (Å²) in [5, 5.41) is 8.54. The zero-order valence-corrected chi connectivity index (χ0v) is 8.97. The Hall–Kier alpha value is -1.42. The maximum atomic E-state index is 13.2. The molecule has 0 atom stereocenters. The summed E-state index contributed by atoms with van der Waals surface area (Å²) in [5.41, 5.74) is -0.667. The highest BCUT2D eigenvalue weighted by molar-refractivity contribution is 6.17. The summed E-state index contributed by atoms with van der Waals surface area (Å²) >= 11 is 5.42. The van der Waals surface area contributed by atoms with Crippen molar-refractivity contribution >= 4 is 23.6 Å². The third kappa shape index (κ3) is 3.03. The van der Waals surface area contributed by atoms with Gasteiger partial charge < -0.3 is 5.11 Å². The van der Waals surface area contributed by atoms with Crippen LogP contribution in [0.1, 0.15) is 22.3 Å². The zero-order chi connectivity index (χ0) is 12.1. The average Bonchev–Trinajstić information content (AvgIpc) is 2.16. The van der Waals surface area contributed by atoms with E-state index in [4.69, 9.17) is 16.7 Å². The number of carboxylic acids is 1. The fourth-order valence-corrected chi connectivity index (χ4v) is 1.30. The Morgan fingerprint density at radius 1 is 1.38 bits per heavy atom. The van der Waals surface area contributed by atoms with Crippen molar-refractivity contribution in [2.45, 2.75) is 6.42 Å². The standard InChI is InChI=1S/C11H9ClF2O2/c12-4-2-1-3-7-5-8(13)10(11(15)16)9(14)6-7/h1,3,5-6H,2,4H2,(H,15,16). The van der Waals surface area contributed by atoms with Crippen LogP contribution < -0.4 is 0 Å². The van der Waals surface area contributed by atoms with Gasteiger partial charge in [0, 0.05) is 5.88 Å². The van der Waals surface area contributed by atoms with Gasteiger partial charge in [0.1, 0.15) is 17.2 Å². The van der Waals surface area contributed by atoms with Crippen LogP contribution in [-0.2, 0) is 0 Å². The highest BCUT2D eigenvalue weighted by atomic mass is 35.5. The van der Waals surface area contributed by atoms with Crippen molar-refractivity contribution in [1.29, 1.82) is 0 Å². The molecule has 0 fully saturated rings. The summed E-state index contributed by atoms with van der Waals surface area (Å²) < 4.78 is 26.4. The fourth-order valence-electron chi connectivity index (χ4n) is 1.18. The number of carboxylic acid groups (broad SMARTS) is 1. The molecule has 1 N–H and O–H groups in total. The number of allylic oxidation sites excluding steroid dienone is 1. The van der Waals surface area contributed by atoms with Gasteiger partial charge in [0.2, 0.25) is 0 Å². The van der Waals surface area contributed by atoms with Crippen molar-refractivity contribution in [3.8, 4) is 0 Å². The Labute approximate surface area is 96.2 Å². The predicted octanol–water partition coefficient (Wildman–Crippen LogP) is 3.31. The lowest BCUT2D eigenvalue weighted by Gasteiger charge is -2.01. The van der Waals surface area contributed by atoms with Crippen LogP contribution in [0.5, 0.6) is 0 Å². The molecular weight excluding hydrogens is 238 g/mol. The summed E-state index contributed by atoms with van der Waals surface area (Å²) in [6.07, 6.45) is 3.72. The van der Waals surface area contributed by atoms with Crippen LogP contribution in [-0.4, -0.2) is 17.0 Å². The predicted molar refractivity (Wildman–Crippen MR) is 57.7 cm³/mol. The summed E-state index contributed by atoms with van der Waals surface area (Å²) in [4.78, 5) is 10.5. The lowest BCUT2D eigenvalue weighted by molar-refractivity contribution is 0.0686. The smallest absolute Gasteiger partial charge is 0.341 e. The van der Waals surface area contributed by atoms with Crippen LogP contribution >= 0.6 is 11.6 Å². The SMILES string of the molecule is O=C(O)c1c(F)cc(C=CCCCl)cc1F. The second kappa shape index (κ2) is 5.61. The fraction of sp³-hybridized carbons (Fsp3) is 0.182. The van der Waals surface area contributed by atoms with Crippen molar-refractivity contribution < 1.29 is 18.7 Å². The summed E-state index contributed by atoms with van der Waals surface area (Å²) in [7, 11) is 0. The third-order valence-electron chi connectivity index (χ3n) is 1.86. The Bertz CT molecular complexity index is 407. The Morgan fingerprint density at radius 2 is 1.94 bits per heavy atom. The van der Waals surface area contributed by atoms with Crippen LogP contribution in [0.3, 0.4) is 0 Å². The van der Waals surface area contributed by atoms with E-state index in [9.17, 15) is 13.6 Å². The van der Waals surface area contributed by atoms with Gasteiger partial charge in [0.05, 0.1) is 0 Å². The number of rotatable bonds is 4. The number of hydrogen-bond donors (Lipinski definition) is 1. The quantitative estimate of drug-likeness (QED) is 0.828. The molecule has 0 saturated carbocycles. The first kappa shape index (κ1) is 12.6. The molecule has 0 aromatic heterocycles. The van der Waals surface area contributed by atoms with E-state index >= 15 is 0 Å². The highest BCUT2D eigenvalue weighted by Crippen LogP contribution is 2.16. The molecule has 0 unspecified atom stereocenters. The van der Waals surface area contributed by atoms with E-state index in [1.807, 2.05) is 0 Å². The maximum Gasteiger partial charge on any atom is 0.341 e. The van der Waals surface area contributed by atoms with Crippen molar-refractivity contribution in [3.63, 3.8) is 0 Å². The maximum absolute atomic E-state index is 13.2. The third-order valence-corrected chi connectivity index (χ3v) is 2.08. The van der Waals surface area contributed by atoms with E-state index in [-0.39, 0.29) is 5.56 Å². The molecule has 0 aliphatic rings. The zero-order valence-electron chi connectivity index (χ0n) is 8.21. The van der Waals surface area contributed by atoms with Crippen molar-refractivity contribution in [1.82, 2.24) is 0 Å². The van der Waals surface area contributed by atoms with Gasteiger partial charge in [-0.2, -0.15) is 0 Å². The first-order valence-electron chi connectivity index (χ1n) is 4.51. The van der Waals surface area contributed by atoms with Crippen LogP contribution in [0.4, 0.5) is 8.78 Å². The molecule has 1 aromatic carbocycles. The van der Waals surface area contributed by atoms with E-state index in [2.05, 4.69) is 0 Å². The number of alkyl halides is 1. The molecule has 86 valence electrons. The number of halogens is 3. The number of benzene rings is 1. The molecular formula is C11H9ClF2O2. The molecule has 0 spiro atoms. The summed E-state index contributed by atoms with van der Waals surface area (Å²) in [5.74, 6) is -3.38. The van der Waals surface area contributed by atoms with Crippen LogP contribution in [0.2, 0.25) is 0 Å². The van der Waals surface area contributed by atoms with Gasteiger partial charge in [-0.15, -0.1) is 11.6 Å². The van der Waals surface area contributed by atoms with Gasteiger partial charge in [-0.3, -0.25) is 0 Å². The largest absolute Gasteiger partial charge is 0.477 e.